The zero-order valence-electron chi connectivity index (χ0n) is 22.1. The van der Waals surface area contributed by atoms with Gasteiger partial charge in [0.2, 0.25) is 11.8 Å². The summed E-state index contributed by atoms with van der Waals surface area (Å²) in [4.78, 5) is 44.7. The van der Waals surface area contributed by atoms with Crippen LogP contribution in [0.25, 0.3) is 11.0 Å². The van der Waals surface area contributed by atoms with Gasteiger partial charge in [0, 0.05) is 6.54 Å². The van der Waals surface area contributed by atoms with Crippen LogP contribution >= 0.6 is 0 Å². The number of hydrogen-bond donors (Lipinski definition) is 1. The Morgan fingerprint density at radius 2 is 2.13 bits per heavy atom. The number of carbonyl (C=O) groups is 3. The van der Waals surface area contributed by atoms with Gasteiger partial charge < -0.3 is 24.4 Å². The Morgan fingerprint density at radius 3 is 2.85 bits per heavy atom. The van der Waals surface area contributed by atoms with Gasteiger partial charge in [0.1, 0.15) is 23.8 Å². The third kappa shape index (κ3) is 4.33. The van der Waals surface area contributed by atoms with E-state index in [2.05, 4.69) is 23.5 Å². The monoisotopic (exact) mass is 537 g/mol. The fraction of sp³-hybridized carbons (Fsp3) is 0.536. The maximum absolute atomic E-state index is 14.4. The standard InChI is InChI=1S/C28H35N5O6/c1-4-7-15-38-27(37)22-21-12-13-28(39-21)23(22)25(35)33(18(6-3)16-34)24(28)26(36)31(14-5-2)17-32-20-11-9-8-10-19(20)29-30-32/h4-5,8-11,18,21-24,34H,1-2,6-7,12-17H2,3H3/t18-,21+,22-,23-,24?,28?/m0/s1. The van der Waals surface area contributed by atoms with Gasteiger partial charge in [0.15, 0.2) is 0 Å². The van der Waals surface area contributed by atoms with Crippen LogP contribution in [0.5, 0.6) is 0 Å². The molecule has 5 rings (SSSR count). The van der Waals surface area contributed by atoms with Crippen LogP contribution < -0.4 is 0 Å². The Balaban J connectivity index is 1.51. The second kappa shape index (κ2) is 10.9. The summed E-state index contributed by atoms with van der Waals surface area (Å²) < 4.78 is 13.6. The van der Waals surface area contributed by atoms with Crippen molar-refractivity contribution in [2.24, 2.45) is 11.8 Å². The molecular weight excluding hydrogens is 502 g/mol. The van der Waals surface area contributed by atoms with Gasteiger partial charge >= 0.3 is 5.97 Å². The van der Waals surface area contributed by atoms with Crippen molar-refractivity contribution in [3.05, 3.63) is 49.6 Å². The summed E-state index contributed by atoms with van der Waals surface area (Å²) in [5.41, 5.74) is 0.270. The van der Waals surface area contributed by atoms with Crippen LogP contribution in [0.4, 0.5) is 0 Å². The second-order valence-corrected chi connectivity index (χ2v) is 10.4. The summed E-state index contributed by atoms with van der Waals surface area (Å²) in [5.74, 6) is -2.87. The molecule has 1 N–H and O–H groups in total. The van der Waals surface area contributed by atoms with E-state index in [1.165, 1.54) is 4.90 Å². The second-order valence-electron chi connectivity index (χ2n) is 10.4. The van der Waals surface area contributed by atoms with E-state index in [0.29, 0.717) is 31.2 Å². The Kier molecular flexibility index (Phi) is 7.55. The summed E-state index contributed by atoms with van der Waals surface area (Å²) in [6, 6.07) is 5.82. The molecule has 3 saturated heterocycles. The lowest BCUT2D eigenvalue weighted by Crippen LogP contribution is -2.58. The van der Waals surface area contributed by atoms with Crippen molar-refractivity contribution in [3.8, 4) is 0 Å². The van der Waals surface area contributed by atoms with Gasteiger partial charge in [-0.1, -0.05) is 36.4 Å². The smallest absolute Gasteiger partial charge is 0.312 e. The van der Waals surface area contributed by atoms with Crippen LogP contribution in [0.15, 0.2) is 49.6 Å². The van der Waals surface area contributed by atoms with E-state index in [9.17, 15) is 19.5 Å². The van der Waals surface area contributed by atoms with E-state index >= 15 is 0 Å². The lowest BCUT2D eigenvalue weighted by Gasteiger charge is -2.39. The van der Waals surface area contributed by atoms with Crippen molar-refractivity contribution in [1.82, 2.24) is 24.8 Å². The molecule has 208 valence electrons. The van der Waals surface area contributed by atoms with Gasteiger partial charge in [-0.15, -0.1) is 18.3 Å². The molecular formula is C28H35N5O6. The molecule has 3 fully saturated rings. The molecule has 0 aliphatic carbocycles. The van der Waals surface area contributed by atoms with Crippen LogP contribution in [-0.4, -0.2) is 91.2 Å². The number of hydrogen-bond acceptors (Lipinski definition) is 8. The summed E-state index contributed by atoms with van der Waals surface area (Å²) in [6.07, 6.45) is 4.68. The molecule has 11 nitrogen and oxygen atoms in total. The normalized spacial score (nSPS) is 27.9. The number of aromatic nitrogens is 3. The highest BCUT2D eigenvalue weighted by atomic mass is 16.6. The largest absolute Gasteiger partial charge is 0.465 e. The third-order valence-corrected chi connectivity index (χ3v) is 8.27. The first kappa shape index (κ1) is 27.0. The highest BCUT2D eigenvalue weighted by Gasteiger charge is 2.75. The summed E-state index contributed by atoms with van der Waals surface area (Å²) in [6.45, 7) is 9.45. The molecule has 1 aromatic carbocycles. The first-order valence-electron chi connectivity index (χ1n) is 13.5. The van der Waals surface area contributed by atoms with E-state index in [0.717, 1.165) is 5.52 Å². The minimum Gasteiger partial charge on any atom is -0.465 e. The van der Waals surface area contributed by atoms with Crippen molar-refractivity contribution >= 4 is 28.8 Å². The average molecular weight is 538 g/mol. The Bertz CT molecular complexity index is 1270. The molecule has 2 aromatic rings. The molecule has 39 heavy (non-hydrogen) atoms. The lowest BCUT2D eigenvalue weighted by atomic mass is 9.70. The molecule has 1 spiro atoms. The maximum Gasteiger partial charge on any atom is 0.312 e. The predicted molar refractivity (Wildman–Crippen MR) is 141 cm³/mol. The average Bonchev–Trinajstić information content (AvgIpc) is 3.69. The lowest BCUT2D eigenvalue weighted by molar-refractivity contribution is -0.156. The molecule has 11 heteroatoms. The molecule has 4 heterocycles. The number of rotatable bonds is 12. The number of aliphatic hydroxyl groups excluding tert-OH is 1. The fourth-order valence-electron chi connectivity index (χ4n) is 6.51. The van der Waals surface area contributed by atoms with E-state index in [4.69, 9.17) is 9.47 Å². The van der Waals surface area contributed by atoms with Crippen LogP contribution in [0.2, 0.25) is 0 Å². The number of likely N-dealkylation sites (tertiary alicyclic amines) is 1. The molecule has 2 bridgehead atoms. The zero-order chi connectivity index (χ0) is 27.7. The van der Waals surface area contributed by atoms with Gasteiger partial charge in [0.05, 0.1) is 42.7 Å². The summed E-state index contributed by atoms with van der Waals surface area (Å²) >= 11 is 0. The Labute approximate surface area is 227 Å². The summed E-state index contributed by atoms with van der Waals surface area (Å²) in [5, 5.41) is 18.6. The highest BCUT2D eigenvalue weighted by molar-refractivity contribution is 5.98. The molecule has 0 radical (unpaired) electrons. The minimum absolute atomic E-state index is 0.0804. The van der Waals surface area contributed by atoms with Crippen molar-refractivity contribution < 1.29 is 29.0 Å². The number of carbonyl (C=O) groups excluding carboxylic acids is 3. The molecule has 2 unspecified atom stereocenters. The first-order valence-corrected chi connectivity index (χ1v) is 13.5. The number of ether oxygens (including phenoxy) is 2. The van der Waals surface area contributed by atoms with Crippen molar-refractivity contribution in [2.45, 2.75) is 63.1 Å². The molecule has 6 atom stereocenters. The first-order chi connectivity index (χ1) is 18.9. The SMILES string of the molecule is C=CCCOC(=O)[C@@H]1[C@H]2C(=O)N([C@@H](CC)CO)C(C(=O)N(CC=C)Cn3nnc4ccccc43)C23CC[C@H]1O3. The number of aliphatic hydroxyl groups is 1. The van der Waals surface area contributed by atoms with Gasteiger partial charge in [-0.25, -0.2) is 4.68 Å². The topological polar surface area (TPSA) is 127 Å². The van der Waals surface area contributed by atoms with Gasteiger partial charge in [-0.05, 0) is 37.8 Å². The van der Waals surface area contributed by atoms with Crippen LogP contribution in [-0.2, 0) is 30.5 Å². The fourth-order valence-corrected chi connectivity index (χ4v) is 6.51. The van der Waals surface area contributed by atoms with Crippen LogP contribution in [0.1, 0.15) is 32.6 Å². The number of amides is 2. The quantitative estimate of drug-likeness (QED) is 0.246. The summed E-state index contributed by atoms with van der Waals surface area (Å²) in [7, 11) is 0. The van der Waals surface area contributed by atoms with E-state index in [1.54, 1.807) is 21.7 Å². The van der Waals surface area contributed by atoms with E-state index in [-0.39, 0.29) is 38.2 Å². The number of nitrogens with zero attached hydrogens (tertiary/aromatic N) is 5. The Morgan fingerprint density at radius 1 is 1.33 bits per heavy atom. The van der Waals surface area contributed by atoms with Gasteiger partial charge in [-0.3, -0.25) is 14.4 Å². The van der Waals surface area contributed by atoms with Crippen LogP contribution in [0, 0.1) is 11.8 Å². The highest BCUT2D eigenvalue weighted by Crippen LogP contribution is 2.59. The molecule has 3 aliphatic heterocycles. The minimum atomic E-state index is -1.19. The molecule has 3 aliphatic rings. The molecule has 2 amide bonds. The number of benzene rings is 1. The van der Waals surface area contributed by atoms with E-state index < -0.39 is 41.6 Å². The molecule has 1 aromatic heterocycles. The van der Waals surface area contributed by atoms with Crippen molar-refractivity contribution in [1.29, 1.82) is 0 Å². The van der Waals surface area contributed by atoms with Gasteiger partial charge in [0.25, 0.3) is 0 Å². The van der Waals surface area contributed by atoms with E-state index in [1.807, 2.05) is 31.2 Å². The van der Waals surface area contributed by atoms with Crippen molar-refractivity contribution in [3.63, 3.8) is 0 Å². The maximum atomic E-state index is 14.4. The number of fused-ring (bicyclic) bond motifs is 2. The third-order valence-electron chi connectivity index (χ3n) is 8.27. The zero-order valence-corrected chi connectivity index (χ0v) is 22.1. The van der Waals surface area contributed by atoms with Crippen molar-refractivity contribution in [2.75, 3.05) is 19.8 Å². The Hall–Kier alpha value is -3.57. The predicted octanol–water partition coefficient (Wildman–Crippen LogP) is 1.67. The van der Waals surface area contributed by atoms with Crippen LogP contribution in [0.3, 0.4) is 0 Å². The molecule has 0 saturated carbocycles. The van der Waals surface area contributed by atoms with Gasteiger partial charge in [-0.2, -0.15) is 0 Å². The number of esters is 1. The number of para-hydroxylation sites is 1.